The SMILES string of the molecule is CCNc1nc2c(ncn2[C@H]2C[C@H](O)[C@@H](COC(c3ccccc3)(c3ccc(OC)cc3)c3ccc(OC)cc3)O2)c(=O)[nH]1. The fourth-order valence-corrected chi connectivity index (χ4v) is 5.71. The summed E-state index contributed by atoms with van der Waals surface area (Å²) in [5, 5.41) is 14.2. The number of aromatic amines is 1. The van der Waals surface area contributed by atoms with Gasteiger partial charge in [-0.2, -0.15) is 4.98 Å². The number of aliphatic hydroxyl groups excluding tert-OH is 1. The van der Waals surface area contributed by atoms with Gasteiger partial charge < -0.3 is 29.4 Å². The van der Waals surface area contributed by atoms with Crippen molar-refractivity contribution in [1.82, 2.24) is 19.5 Å². The van der Waals surface area contributed by atoms with E-state index in [0.717, 1.165) is 28.2 Å². The first-order valence-electron chi connectivity index (χ1n) is 14.5. The van der Waals surface area contributed by atoms with Crippen molar-refractivity contribution in [3.05, 3.63) is 112 Å². The lowest BCUT2D eigenvalue weighted by molar-refractivity contribution is -0.0931. The van der Waals surface area contributed by atoms with E-state index in [1.165, 1.54) is 6.33 Å². The van der Waals surface area contributed by atoms with Crippen LogP contribution in [-0.2, 0) is 15.1 Å². The van der Waals surface area contributed by atoms with Gasteiger partial charge in [-0.15, -0.1) is 0 Å². The Bertz CT molecular complexity index is 1710. The van der Waals surface area contributed by atoms with Crippen LogP contribution in [-0.4, -0.2) is 64.2 Å². The van der Waals surface area contributed by atoms with Crippen LogP contribution in [0.1, 0.15) is 36.3 Å². The third-order valence-electron chi connectivity index (χ3n) is 7.93. The van der Waals surface area contributed by atoms with Gasteiger partial charge in [0, 0.05) is 13.0 Å². The molecule has 3 atom stereocenters. The number of aromatic nitrogens is 4. The van der Waals surface area contributed by atoms with Gasteiger partial charge in [0.1, 0.15) is 29.4 Å². The molecule has 11 heteroatoms. The van der Waals surface area contributed by atoms with Crippen molar-refractivity contribution >= 4 is 17.1 Å². The van der Waals surface area contributed by atoms with Gasteiger partial charge in [-0.1, -0.05) is 54.6 Å². The lowest BCUT2D eigenvalue weighted by Gasteiger charge is -2.37. The van der Waals surface area contributed by atoms with Gasteiger partial charge in [0.25, 0.3) is 5.56 Å². The van der Waals surface area contributed by atoms with Crippen LogP contribution in [0, 0.1) is 0 Å². The molecule has 1 saturated heterocycles. The highest BCUT2D eigenvalue weighted by Gasteiger charge is 2.42. The molecule has 1 aliphatic rings. The lowest BCUT2D eigenvalue weighted by Crippen LogP contribution is -2.38. The van der Waals surface area contributed by atoms with Crippen LogP contribution in [0.15, 0.2) is 90.0 Å². The van der Waals surface area contributed by atoms with Crippen LogP contribution in [0.4, 0.5) is 5.95 Å². The van der Waals surface area contributed by atoms with Gasteiger partial charge in [0.15, 0.2) is 11.2 Å². The second kappa shape index (κ2) is 12.5. The minimum absolute atomic E-state index is 0.0634. The van der Waals surface area contributed by atoms with Crippen LogP contribution in [0.3, 0.4) is 0 Å². The van der Waals surface area contributed by atoms with Crippen LogP contribution < -0.4 is 20.3 Å². The Morgan fingerprint density at radius 1 is 0.977 bits per heavy atom. The van der Waals surface area contributed by atoms with Crippen molar-refractivity contribution in [1.29, 1.82) is 0 Å². The molecular formula is C33H35N5O6. The Labute approximate surface area is 254 Å². The average Bonchev–Trinajstić information content (AvgIpc) is 3.66. The minimum atomic E-state index is -1.06. The molecule has 3 heterocycles. The van der Waals surface area contributed by atoms with Crippen molar-refractivity contribution in [3.8, 4) is 11.5 Å². The van der Waals surface area contributed by atoms with E-state index in [0.29, 0.717) is 18.1 Å². The summed E-state index contributed by atoms with van der Waals surface area (Å²) in [6.07, 6.45) is -0.319. The number of methoxy groups -OCH3 is 2. The lowest BCUT2D eigenvalue weighted by atomic mass is 9.80. The molecule has 0 amide bonds. The number of imidazole rings is 1. The molecule has 1 aliphatic heterocycles. The molecule has 0 spiro atoms. The standard InChI is InChI=1S/C33H35N5O6/c1-4-34-32-36-30-29(31(40)37-32)35-20-38(30)28-18-26(39)27(44-28)19-43-33(21-8-6-5-7-9-21,22-10-14-24(41-2)15-11-22)23-12-16-25(42-3)17-13-23/h5-17,20,26-28,39H,4,18-19H2,1-3H3,(H2,34,36,37,40)/t26-,27+,28+/m0/s1. The summed E-state index contributed by atoms with van der Waals surface area (Å²) < 4.78 is 25.9. The van der Waals surface area contributed by atoms with Gasteiger partial charge in [0.2, 0.25) is 5.95 Å². The Morgan fingerprint density at radius 2 is 1.59 bits per heavy atom. The zero-order chi connectivity index (χ0) is 30.7. The minimum Gasteiger partial charge on any atom is -0.497 e. The molecule has 1 fully saturated rings. The van der Waals surface area contributed by atoms with E-state index in [1.54, 1.807) is 18.8 Å². The molecule has 6 rings (SSSR count). The van der Waals surface area contributed by atoms with Gasteiger partial charge in [-0.3, -0.25) is 14.3 Å². The van der Waals surface area contributed by atoms with E-state index in [9.17, 15) is 9.90 Å². The van der Waals surface area contributed by atoms with Crippen LogP contribution in [0.25, 0.3) is 11.2 Å². The molecule has 2 aromatic heterocycles. The molecule has 228 valence electrons. The Balaban J connectivity index is 1.36. The van der Waals surface area contributed by atoms with E-state index in [1.807, 2.05) is 85.8 Å². The Hall–Kier alpha value is -4.71. The maximum absolute atomic E-state index is 12.6. The Kier molecular flexibility index (Phi) is 8.34. The van der Waals surface area contributed by atoms with Crippen molar-refractivity contribution < 1.29 is 24.1 Å². The zero-order valence-corrected chi connectivity index (χ0v) is 24.8. The molecular weight excluding hydrogens is 562 g/mol. The van der Waals surface area contributed by atoms with Gasteiger partial charge in [-0.05, 0) is 47.9 Å². The first kappa shape index (κ1) is 29.4. The molecule has 0 bridgehead atoms. The molecule has 0 radical (unpaired) electrons. The highest BCUT2D eigenvalue weighted by atomic mass is 16.6. The topological polar surface area (TPSA) is 133 Å². The molecule has 3 N–H and O–H groups in total. The summed E-state index contributed by atoms with van der Waals surface area (Å²) in [7, 11) is 3.26. The number of rotatable bonds is 11. The first-order valence-corrected chi connectivity index (χ1v) is 14.5. The van der Waals surface area contributed by atoms with E-state index in [2.05, 4.69) is 20.3 Å². The summed E-state index contributed by atoms with van der Waals surface area (Å²) >= 11 is 0. The molecule has 5 aromatic rings. The summed E-state index contributed by atoms with van der Waals surface area (Å²) in [5.74, 6) is 1.79. The molecule has 0 aliphatic carbocycles. The van der Waals surface area contributed by atoms with Gasteiger partial charge in [0.05, 0.1) is 33.3 Å². The number of aliphatic hydroxyl groups is 1. The van der Waals surface area contributed by atoms with Crippen molar-refractivity contribution in [3.63, 3.8) is 0 Å². The second-order valence-corrected chi connectivity index (χ2v) is 10.5. The number of hydrogen-bond donors (Lipinski definition) is 3. The number of H-pyrrole nitrogens is 1. The highest BCUT2D eigenvalue weighted by molar-refractivity contribution is 5.70. The van der Waals surface area contributed by atoms with Crippen molar-refractivity contribution in [2.45, 2.75) is 37.4 Å². The maximum Gasteiger partial charge on any atom is 0.280 e. The van der Waals surface area contributed by atoms with Crippen LogP contribution in [0.2, 0.25) is 0 Å². The van der Waals surface area contributed by atoms with Gasteiger partial charge >= 0.3 is 0 Å². The van der Waals surface area contributed by atoms with Crippen LogP contribution in [0.5, 0.6) is 11.5 Å². The fourth-order valence-electron chi connectivity index (χ4n) is 5.71. The fraction of sp³-hybridized carbons (Fsp3) is 0.303. The summed E-state index contributed by atoms with van der Waals surface area (Å²) in [4.78, 5) is 24.1. The summed E-state index contributed by atoms with van der Waals surface area (Å²) in [5.41, 5.74) is 1.81. The van der Waals surface area contributed by atoms with E-state index in [4.69, 9.17) is 18.9 Å². The number of nitrogens with one attached hydrogen (secondary N) is 2. The van der Waals surface area contributed by atoms with E-state index >= 15 is 0 Å². The average molecular weight is 598 g/mol. The summed E-state index contributed by atoms with van der Waals surface area (Å²) in [6.45, 7) is 2.57. The number of ether oxygens (including phenoxy) is 4. The van der Waals surface area contributed by atoms with Crippen molar-refractivity contribution in [2.75, 3.05) is 32.7 Å². The third-order valence-corrected chi connectivity index (χ3v) is 7.93. The highest BCUT2D eigenvalue weighted by Crippen LogP contribution is 2.43. The Morgan fingerprint density at radius 3 is 2.18 bits per heavy atom. The number of benzene rings is 3. The smallest absolute Gasteiger partial charge is 0.280 e. The normalized spacial score (nSPS) is 18.4. The second-order valence-electron chi connectivity index (χ2n) is 10.5. The predicted molar refractivity (Wildman–Crippen MR) is 165 cm³/mol. The first-order chi connectivity index (χ1) is 21.5. The van der Waals surface area contributed by atoms with Crippen LogP contribution >= 0.6 is 0 Å². The van der Waals surface area contributed by atoms with Gasteiger partial charge in [-0.25, -0.2) is 4.98 Å². The van der Waals surface area contributed by atoms with E-state index < -0.39 is 24.0 Å². The number of fused-ring (bicyclic) bond motifs is 1. The molecule has 0 unspecified atom stereocenters. The molecule has 11 nitrogen and oxygen atoms in total. The predicted octanol–water partition coefficient (Wildman–Crippen LogP) is 4.23. The maximum atomic E-state index is 12.6. The molecule has 44 heavy (non-hydrogen) atoms. The number of hydrogen-bond acceptors (Lipinski definition) is 9. The van der Waals surface area contributed by atoms with Crippen molar-refractivity contribution in [2.24, 2.45) is 0 Å². The monoisotopic (exact) mass is 597 g/mol. The quantitative estimate of drug-likeness (QED) is 0.191. The molecule has 3 aromatic carbocycles. The molecule has 0 saturated carbocycles. The third kappa shape index (κ3) is 5.41. The zero-order valence-electron chi connectivity index (χ0n) is 24.8. The van der Waals surface area contributed by atoms with E-state index in [-0.39, 0.29) is 24.1 Å². The number of anilines is 1. The summed E-state index contributed by atoms with van der Waals surface area (Å²) in [6, 6.07) is 25.5. The number of nitrogens with zero attached hydrogens (tertiary/aromatic N) is 3. The largest absolute Gasteiger partial charge is 0.497 e.